The number of thiazole rings is 1. The summed E-state index contributed by atoms with van der Waals surface area (Å²) in [6.45, 7) is 3.63. The molecule has 0 spiro atoms. The lowest BCUT2D eigenvalue weighted by Gasteiger charge is -2.12. The van der Waals surface area contributed by atoms with Gasteiger partial charge in [-0.1, -0.05) is 11.3 Å². The summed E-state index contributed by atoms with van der Waals surface area (Å²) in [5, 5.41) is 10.3. The molecule has 27 heavy (non-hydrogen) atoms. The summed E-state index contributed by atoms with van der Waals surface area (Å²) in [6.07, 6.45) is 0.954. The first-order chi connectivity index (χ1) is 13.1. The Hall–Kier alpha value is -2.71. The number of ether oxygens (including phenoxy) is 1. The number of hydrogen-bond donors (Lipinski definition) is 3. The highest BCUT2D eigenvalue weighted by atomic mass is 32.1. The van der Waals surface area contributed by atoms with Gasteiger partial charge in [-0.2, -0.15) is 0 Å². The predicted octanol–water partition coefficient (Wildman–Crippen LogP) is 2.84. The van der Waals surface area contributed by atoms with Gasteiger partial charge in [0, 0.05) is 23.8 Å². The van der Waals surface area contributed by atoms with Crippen LogP contribution in [0.15, 0.2) is 30.3 Å². The van der Waals surface area contributed by atoms with Crippen LogP contribution in [-0.2, 0) is 0 Å². The lowest BCUT2D eigenvalue weighted by Crippen LogP contribution is -2.36. The van der Waals surface area contributed by atoms with Gasteiger partial charge in [-0.25, -0.2) is 9.97 Å². The van der Waals surface area contributed by atoms with Crippen LogP contribution in [0.2, 0.25) is 0 Å². The van der Waals surface area contributed by atoms with Crippen LogP contribution in [0.25, 0.3) is 10.2 Å². The number of nitrogens with one attached hydrogen (secondary N) is 3. The second-order valence-corrected chi connectivity index (χ2v) is 7.55. The summed E-state index contributed by atoms with van der Waals surface area (Å²) in [6, 6.07) is 9.51. The molecule has 3 aromatic rings. The highest BCUT2D eigenvalue weighted by Crippen LogP contribution is 2.30. The fourth-order valence-corrected chi connectivity index (χ4v) is 4.01. The second kappa shape index (κ2) is 7.50. The number of rotatable bonds is 5. The van der Waals surface area contributed by atoms with Gasteiger partial charge in [0.25, 0.3) is 5.91 Å². The number of pyridine rings is 1. The zero-order chi connectivity index (χ0) is 18.8. The highest BCUT2D eigenvalue weighted by Gasteiger charge is 2.18. The normalized spacial score (nSPS) is 16.4. The molecule has 1 unspecified atom stereocenters. The molecule has 0 aliphatic carbocycles. The maximum absolute atomic E-state index is 12.5. The number of methoxy groups -OCH3 is 1. The van der Waals surface area contributed by atoms with Gasteiger partial charge < -0.3 is 20.7 Å². The van der Waals surface area contributed by atoms with E-state index in [4.69, 9.17) is 4.74 Å². The van der Waals surface area contributed by atoms with E-state index in [2.05, 4.69) is 25.9 Å². The van der Waals surface area contributed by atoms with E-state index in [-0.39, 0.29) is 11.9 Å². The summed E-state index contributed by atoms with van der Waals surface area (Å²) in [4.78, 5) is 21.6. The maximum atomic E-state index is 12.5. The number of amides is 1. The third-order valence-electron chi connectivity index (χ3n) is 4.44. The molecular weight excluding hydrogens is 362 g/mol. The molecule has 1 fully saturated rings. The molecule has 3 heterocycles. The van der Waals surface area contributed by atoms with Gasteiger partial charge in [-0.15, -0.1) is 0 Å². The van der Waals surface area contributed by atoms with Crippen molar-refractivity contribution in [1.82, 2.24) is 20.6 Å². The number of carbonyl (C=O) groups excluding carboxylic acids is 1. The minimum atomic E-state index is -0.0775. The SMILES string of the molecule is COc1ccc2nc(Nc3cc(C(=O)NC4CCNC4)cc(C)n3)sc2c1. The fourth-order valence-electron chi connectivity index (χ4n) is 3.11. The van der Waals surface area contributed by atoms with Crippen LogP contribution in [0.1, 0.15) is 22.5 Å². The van der Waals surface area contributed by atoms with Gasteiger partial charge in [-0.3, -0.25) is 4.79 Å². The minimum Gasteiger partial charge on any atom is -0.497 e. The van der Waals surface area contributed by atoms with Crippen LogP contribution in [0.4, 0.5) is 10.9 Å². The molecule has 1 amide bonds. The molecular formula is C19H21N5O2S. The fraction of sp³-hybridized carbons (Fsp3) is 0.316. The second-order valence-electron chi connectivity index (χ2n) is 6.52. The largest absolute Gasteiger partial charge is 0.497 e. The first kappa shape index (κ1) is 17.7. The van der Waals surface area contributed by atoms with E-state index < -0.39 is 0 Å². The van der Waals surface area contributed by atoms with Crippen molar-refractivity contribution in [2.75, 3.05) is 25.5 Å². The summed E-state index contributed by atoms with van der Waals surface area (Å²) in [5.74, 6) is 1.33. The van der Waals surface area contributed by atoms with E-state index in [1.165, 1.54) is 11.3 Å². The van der Waals surface area contributed by atoms with Gasteiger partial charge >= 0.3 is 0 Å². The summed E-state index contributed by atoms with van der Waals surface area (Å²) in [7, 11) is 1.65. The average molecular weight is 383 g/mol. The molecule has 1 aromatic carbocycles. The maximum Gasteiger partial charge on any atom is 0.251 e. The number of hydrogen-bond acceptors (Lipinski definition) is 7. The summed E-state index contributed by atoms with van der Waals surface area (Å²) < 4.78 is 6.28. The van der Waals surface area contributed by atoms with Gasteiger partial charge in [0.15, 0.2) is 5.13 Å². The molecule has 4 rings (SSSR count). The average Bonchev–Trinajstić information content (AvgIpc) is 3.29. The Bertz CT molecular complexity index is 981. The first-order valence-corrected chi connectivity index (χ1v) is 9.64. The molecule has 1 aliphatic heterocycles. The molecule has 8 heteroatoms. The number of anilines is 2. The standard InChI is InChI=1S/C19H21N5O2S/c1-11-7-12(18(25)22-13-5-6-20-10-13)8-17(21-11)24-19-23-15-4-3-14(26-2)9-16(15)27-19/h3-4,7-9,13,20H,5-6,10H2,1-2H3,(H,22,25)(H,21,23,24). The minimum absolute atomic E-state index is 0.0775. The molecule has 140 valence electrons. The van der Waals surface area contributed by atoms with Gasteiger partial charge in [0.05, 0.1) is 17.3 Å². The molecule has 0 saturated carbocycles. The van der Waals surface area contributed by atoms with Crippen LogP contribution in [0.5, 0.6) is 5.75 Å². The van der Waals surface area contributed by atoms with Gasteiger partial charge in [0.1, 0.15) is 11.6 Å². The lowest BCUT2D eigenvalue weighted by atomic mass is 10.2. The Morgan fingerprint density at radius 2 is 2.19 bits per heavy atom. The van der Waals surface area contributed by atoms with Crippen LogP contribution >= 0.6 is 11.3 Å². The zero-order valence-electron chi connectivity index (χ0n) is 15.2. The van der Waals surface area contributed by atoms with Gasteiger partial charge in [-0.05, 0) is 50.2 Å². The molecule has 3 N–H and O–H groups in total. The smallest absolute Gasteiger partial charge is 0.251 e. The van der Waals surface area contributed by atoms with Crippen LogP contribution < -0.4 is 20.7 Å². The van der Waals surface area contributed by atoms with E-state index in [9.17, 15) is 4.79 Å². The Kier molecular flexibility index (Phi) is 4.91. The Morgan fingerprint density at radius 3 is 2.96 bits per heavy atom. The monoisotopic (exact) mass is 383 g/mol. The van der Waals surface area contributed by atoms with Gasteiger partial charge in [0.2, 0.25) is 0 Å². The Morgan fingerprint density at radius 1 is 1.30 bits per heavy atom. The molecule has 1 aliphatic rings. The van der Waals surface area contributed by atoms with Crippen LogP contribution in [0.3, 0.4) is 0 Å². The number of fused-ring (bicyclic) bond motifs is 1. The molecule has 0 bridgehead atoms. The summed E-state index contributed by atoms with van der Waals surface area (Å²) >= 11 is 1.52. The topological polar surface area (TPSA) is 88.2 Å². The quantitative estimate of drug-likeness (QED) is 0.628. The van der Waals surface area contributed by atoms with Crippen molar-refractivity contribution in [1.29, 1.82) is 0 Å². The molecule has 2 aromatic heterocycles. The van der Waals surface area contributed by atoms with E-state index in [1.54, 1.807) is 19.2 Å². The van der Waals surface area contributed by atoms with E-state index >= 15 is 0 Å². The number of nitrogens with zero attached hydrogens (tertiary/aromatic N) is 2. The highest BCUT2D eigenvalue weighted by molar-refractivity contribution is 7.22. The number of benzene rings is 1. The van der Waals surface area contributed by atoms with Crippen molar-refractivity contribution < 1.29 is 9.53 Å². The Balaban J connectivity index is 1.54. The third-order valence-corrected chi connectivity index (χ3v) is 5.38. The third kappa shape index (κ3) is 4.01. The molecule has 1 atom stereocenters. The van der Waals surface area contributed by atoms with E-state index in [1.807, 2.05) is 25.1 Å². The Labute approximate surface area is 161 Å². The predicted molar refractivity (Wildman–Crippen MR) is 107 cm³/mol. The van der Waals surface area contributed by atoms with Crippen LogP contribution in [-0.4, -0.2) is 42.1 Å². The van der Waals surface area contributed by atoms with Crippen molar-refractivity contribution in [2.24, 2.45) is 0 Å². The van der Waals surface area contributed by atoms with Crippen molar-refractivity contribution in [2.45, 2.75) is 19.4 Å². The number of aryl methyl sites for hydroxylation is 1. The van der Waals surface area contributed by atoms with Crippen LogP contribution in [0, 0.1) is 6.92 Å². The zero-order valence-corrected chi connectivity index (χ0v) is 16.0. The number of aromatic nitrogens is 2. The summed E-state index contributed by atoms with van der Waals surface area (Å²) in [5.41, 5.74) is 2.26. The lowest BCUT2D eigenvalue weighted by molar-refractivity contribution is 0.0940. The van der Waals surface area contributed by atoms with E-state index in [0.29, 0.717) is 11.4 Å². The van der Waals surface area contributed by atoms with Crippen molar-refractivity contribution in [3.8, 4) is 5.75 Å². The van der Waals surface area contributed by atoms with E-state index in [0.717, 1.165) is 46.3 Å². The van der Waals surface area contributed by atoms with Crippen molar-refractivity contribution in [3.63, 3.8) is 0 Å². The first-order valence-electron chi connectivity index (χ1n) is 8.82. The van der Waals surface area contributed by atoms with Crippen molar-refractivity contribution >= 4 is 38.4 Å². The molecule has 0 radical (unpaired) electrons. The molecule has 7 nitrogen and oxygen atoms in total. The molecule has 1 saturated heterocycles. The van der Waals surface area contributed by atoms with Crippen molar-refractivity contribution in [3.05, 3.63) is 41.6 Å². The number of carbonyl (C=O) groups is 1.